The van der Waals surface area contributed by atoms with Gasteiger partial charge in [-0.1, -0.05) is 15.9 Å². The zero-order valence-electron chi connectivity index (χ0n) is 11.8. The zero-order valence-corrected chi connectivity index (χ0v) is 13.4. The van der Waals surface area contributed by atoms with Gasteiger partial charge in [0, 0.05) is 17.4 Å². The molecule has 0 bridgehead atoms. The van der Waals surface area contributed by atoms with Gasteiger partial charge in [-0.05, 0) is 50.5 Å². The molecule has 1 rings (SSSR count). The highest BCUT2D eigenvalue weighted by Gasteiger charge is 2.02. The second-order valence-electron chi connectivity index (χ2n) is 4.75. The number of hydrogen-bond donors (Lipinski definition) is 2. The summed E-state index contributed by atoms with van der Waals surface area (Å²) in [6, 6.07) is 7.62. The van der Waals surface area contributed by atoms with Crippen molar-refractivity contribution in [2.45, 2.75) is 38.7 Å². The molecule has 0 saturated heterocycles. The molecule has 0 aromatic heterocycles. The fourth-order valence-electron chi connectivity index (χ4n) is 1.67. The molecule has 0 aliphatic carbocycles. The van der Waals surface area contributed by atoms with Crippen molar-refractivity contribution in [2.75, 3.05) is 13.2 Å². The van der Waals surface area contributed by atoms with Gasteiger partial charge in [-0.3, -0.25) is 4.79 Å². The summed E-state index contributed by atoms with van der Waals surface area (Å²) in [7, 11) is 0. The van der Waals surface area contributed by atoms with E-state index in [9.17, 15) is 4.79 Å². The van der Waals surface area contributed by atoms with Crippen LogP contribution in [0.25, 0.3) is 0 Å². The van der Waals surface area contributed by atoms with Crippen molar-refractivity contribution < 1.29 is 14.6 Å². The fraction of sp³-hybridized carbons (Fsp3) is 0.533. The molecule has 0 fully saturated rings. The highest BCUT2D eigenvalue weighted by atomic mass is 79.9. The lowest BCUT2D eigenvalue weighted by Crippen LogP contribution is -2.25. The number of aliphatic hydroxyl groups is 1. The predicted molar refractivity (Wildman–Crippen MR) is 82.8 cm³/mol. The molecular formula is C15H22BrNO3. The Hall–Kier alpha value is -1.07. The third-order valence-electron chi connectivity index (χ3n) is 2.75. The van der Waals surface area contributed by atoms with E-state index < -0.39 is 0 Å². The maximum absolute atomic E-state index is 11.5. The van der Waals surface area contributed by atoms with Crippen LogP contribution in [0.2, 0.25) is 0 Å². The van der Waals surface area contributed by atoms with Crippen LogP contribution in [-0.4, -0.2) is 30.3 Å². The summed E-state index contributed by atoms with van der Waals surface area (Å²) < 4.78 is 6.55. The van der Waals surface area contributed by atoms with Crippen molar-refractivity contribution in [3.63, 3.8) is 0 Å². The molecule has 1 aromatic rings. The number of ether oxygens (including phenoxy) is 1. The smallest absolute Gasteiger partial charge is 0.220 e. The van der Waals surface area contributed by atoms with Crippen LogP contribution in [0.5, 0.6) is 5.75 Å². The normalized spacial score (nSPS) is 11.9. The Kier molecular flexibility index (Phi) is 8.30. The number of hydrogen-bond acceptors (Lipinski definition) is 3. The molecule has 1 aromatic carbocycles. The monoisotopic (exact) mass is 343 g/mol. The first kappa shape index (κ1) is 17.0. The highest BCUT2D eigenvalue weighted by molar-refractivity contribution is 9.10. The lowest BCUT2D eigenvalue weighted by molar-refractivity contribution is -0.121. The Morgan fingerprint density at radius 2 is 2.05 bits per heavy atom. The molecule has 1 amide bonds. The van der Waals surface area contributed by atoms with Crippen LogP contribution in [0.4, 0.5) is 0 Å². The zero-order chi connectivity index (χ0) is 14.8. The summed E-state index contributed by atoms with van der Waals surface area (Å²) in [5.41, 5.74) is 0. The van der Waals surface area contributed by atoms with E-state index in [1.54, 1.807) is 6.92 Å². The van der Waals surface area contributed by atoms with E-state index in [4.69, 9.17) is 9.84 Å². The van der Waals surface area contributed by atoms with E-state index in [-0.39, 0.29) is 12.0 Å². The van der Waals surface area contributed by atoms with Crippen molar-refractivity contribution in [1.82, 2.24) is 5.32 Å². The lowest BCUT2D eigenvalue weighted by Gasteiger charge is -2.08. The number of carbonyl (C=O) groups excluding carboxylic acids is 1. The standard InChI is InChI=1S/C15H22BrNO3/c1-12(18)4-2-10-17-15(19)5-3-11-20-14-8-6-13(16)7-9-14/h6-9,12,18H,2-5,10-11H2,1H3,(H,17,19). The van der Waals surface area contributed by atoms with Gasteiger partial charge in [0.1, 0.15) is 5.75 Å². The summed E-state index contributed by atoms with van der Waals surface area (Å²) in [6.07, 6.45) is 2.38. The molecule has 20 heavy (non-hydrogen) atoms. The first-order valence-electron chi connectivity index (χ1n) is 6.91. The molecule has 0 saturated carbocycles. The van der Waals surface area contributed by atoms with Gasteiger partial charge in [0.2, 0.25) is 5.91 Å². The van der Waals surface area contributed by atoms with Gasteiger partial charge in [0.05, 0.1) is 12.7 Å². The minimum absolute atomic E-state index is 0.0370. The molecule has 2 N–H and O–H groups in total. The van der Waals surface area contributed by atoms with Gasteiger partial charge in [-0.2, -0.15) is 0 Å². The average molecular weight is 344 g/mol. The topological polar surface area (TPSA) is 58.6 Å². The Morgan fingerprint density at radius 3 is 2.70 bits per heavy atom. The van der Waals surface area contributed by atoms with Crippen molar-refractivity contribution in [3.8, 4) is 5.75 Å². The number of halogens is 1. The van der Waals surface area contributed by atoms with Crippen molar-refractivity contribution in [3.05, 3.63) is 28.7 Å². The van der Waals surface area contributed by atoms with Crippen LogP contribution in [-0.2, 0) is 4.79 Å². The van der Waals surface area contributed by atoms with Gasteiger partial charge >= 0.3 is 0 Å². The van der Waals surface area contributed by atoms with E-state index in [0.29, 0.717) is 32.4 Å². The van der Waals surface area contributed by atoms with Crippen molar-refractivity contribution in [1.29, 1.82) is 0 Å². The first-order chi connectivity index (χ1) is 9.58. The SMILES string of the molecule is CC(O)CCCNC(=O)CCCOc1ccc(Br)cc1. The Labute approximate surface area is 128 Å². The van der Waals surface area contributed by atoms with Crippen molar-refractivity contribution in [2.24, 2.45) is 0 Å². The number of aliphatic hydroxyl groups excluding tert-OH is 1. The molecule has 0 aliphatic heterocycles. The van der Waals surface area contributed by atoms with Crippen LogP contribution in [0.15, 0.2) is 28.7 Å². The summed E-state index contributed by atoms with van der Waals surface area (Å²) in [6.45, 7) is 2.90. The maximum atomic E-state index is 11.5. The molecule has 0 heterocycles. The molecule has 1 atom stereocenters. The quantitative estimate of drug-likeness (QED) is 0.678. The molecule has 0 aliphatic rings. The van der Waals surface area contributed by atoms with E-state index in [1.165, 1.54) is 0 Å². The Bertz CT molecular complexity index is 393. The molecule has 4 nitrogen and oxygen atoms in total. The van der Waals surface area contributed by atoms with Gasteiger partial charge in [-0.15, -0.1) is 0 Å². The minimum Gasteiger partial charge on any atom is -0.494 e. The van der Waals surface area contributed by atoms with Crippen LogP contribution in [0.1, 0.15) is 32.6 Å². The summed E-state index contributed by atoms with van der Waals surface area (Å²) >= 11 is 3.36. The van der Waals surface area contributed by atoms with Gasteiger partial charge < -0.3 is 15.2 Å². The van der Waals surface area contributed by atoms with Crippen LogP contribution < -0.4 is 10.1 Å². The van der Waals surface area contributed by atoms with Crippen LogP contribution in [0, 0.1) is 0 Å². The van der Waals surface area contributed by atoms with E-state index >= 15 is 0 Å². The Balaban J connectivity index is 2.03. The molecule has 0 spiro atoms. The van der Waals surface area contributed by atoms with Gasteiger partial charge in [0.15, 0.2) is 0 Å². The van der Waals surface area contributed by atoms with E-state index in [2.05, 4.69) is 21.2 Å². The van der Waals surface area contributed by atoms with Crippen molar-refractivity contribution >= 4 is 21.8 Å². The highest BCUT2D eigenvalue weighted by Crippen LogP contribution is 2.16. The lowest BCUT2D eigenvalue weighted by atomic mass is 10.2. The molecule has 5 heteroatoms. The van der Waals surface area contributed by atoms with Gasteiger partial charge in [-0.25, -0.2) is 0 Å². The number of benzene rings is 1. The molecular weight excluding hydrogens is 322 g/mol. The Morgan fingerprint density at radius 1 is 1.35 bits per heavy atom. The largest absolute Gasteiger partial charge is 0.494 e. The molecule has 112 valence electrons. The predicted octanol–water partition coefficient (Wildman–Crippen LogP) is 2.89. The number of amides is 1. The summed E-state index contributed by atoms with van der Waals surface area (Å²) in [4.78, 5) is 11.5. The van der Waals surface area contributed by atoms with Crippen LogP contribution in [0.3, 0.4) is 0 Å². The second-order valence-corrected chi connectivity index (χ2v) is 5.66. The molecule has 1 unspecified atom stereocenters. The van der Waals surface area contributed by atoms with Crippen LogP contribution >= 0.6 is 15.9 Å². The second kappa shape index (κ2) is 9.77. The molecule has 0 radical (unpaired) electrons. The average Bonchev–Trinajstić information content (AvgIpc) is 2.41. The maximum Gasteiger partial charge on any atom is 0.220 e. The number of nitrogens with one attached hydrogen (secondary N) is 1. The number of rotatable bonds is 9. The van der Waals surface area contributed by atoms with E-state index in [0.717, 1.165) is 16.6 Å². The summed E-state index contributed by atoms with van der Waals surface area (Å²) in [5, 5.41) is 11.9. The number of carbonyl (C=O) groups is 1. The minimum atomic E-state index is -0.300. The fourth-order valence-corrected chi connectivity index (χ4v) is 1.93. The first-order valence-corrected chi connectivity index (χ1v) is 7.70. The summed E-state index contributed by atoms with van der Waals surface area (Å²) in [5.74, 6) is 0.848. The third kappa shape index (κ3) is 8.17. The third-order valence-corrected chi connectivity index (χ3v) is 3.28. The van der Waals surface area contributed by atoms with Gasteiger partial charge in [0.25, 0.3) is 0 Å². The van der Waals surface area contributed by atoms with E-state index in [1.807, 2.05) is 24.3 Å².